The Balaban J connectivity index is 1.89. The summed E-state index contributed by atoms with van der Waals surface area (Å²) in [5, 5.41) is 10.5. The SMILES string of the molecule is C=C(c1cc(-c2ccc(Cl)cc2Cl)ccc1CC)C(=O)[C@H]1CC[C@@H](CO)CC1. The summed E-state index contributed by atoms with van der Waals surface area (Å²) in [5.41, 5.74) is 4.43. The van der Waals surface area contributed by atoms with E-state index in [1.54, 1.807) is 6.07 Å². The Labute approximate surface area is 177 Å². The first-order valence-corrected chi connectivity index (χ1v) is 10.6. The molecule has 1 aliphatic rings. The fraction of sp³-hybridized carbons (Fsp3) is 0.375. The molecule has 2 aromatic rings. The van der Waals surface area contributed by atoms with Gasteiger partial charge >= 0.3 is 0 Å². The molecule has 0 saturated heterocycles. The molecule has 0 unspecified atom stereocenters. The standard InChI is InChI=1S/C24H26Cl2O2/c1-3-17-8-9-19(21-11-10-20(25)13-23(21)26)12-22(17)15(2)24(28)18-6-4-16(14-27)5-7-18/h8-13,16,18,27H,2-7,14H2,1H3/t16-,18+. The molecular weight excluding hydrogens is 391 g/mol. The van der Waals surface area contributed by atoms with Gasteiger partial charge < -0.3 is 5.11 Å². The molecule has 0 radical (unpaired) electrons. The molecule has 0 bridgehead atoms. The highest BCUT2D eigenvalue weighted by Crippen LogP contribution is 2.36. The van der Waals surface area contributed by atoms with Crippen LogP contribution in [0.1, 0.15) is 43.7 Å². The maximum Gasteiger partial charge on any atom is 0.165 e. The van der Waals surface area contributed by atoms with Gasteiger partial charge in [-0.2, -0.15) is 0 Å². The lowest BCUT2D eigenvalue weighted by atomic mass is 9.77. The van der Waals surface area contributed by atoms with Gasteiger partial charge in [-0.15, -0.1) is 0 Å². The highest BCUT2D eigenvalue weighted by Gasteiger charge is 2.28. The van der Waals surface area contributed by atoms with Crippen molar-refractivity contribution in [2.45, 2.75) is 39.0 Å². The predicted molar refractivity (Wildman–Crippen MR) is 118 cm³/mol. The molecule has 1 fully saturated rings. The van der Waals surface area contributed by atoms with Crippen LogP contribution in [0, 0.1) is 11.8 Å². The molecule has 2 nitrogen and oxygen atoms in total. The minimum Gasteiger partial charge on any atom is -0.396 e. The van der Waals surface area contributed by atoms with Crippen molar-refractivity contribution in [3.63, 3.8) is 0 Å². The molecule has 0 atom stereocenters. The minimum absolute atomic E-state index is 0.00258. The van der Waals surface area contributed by atoms with E-state index in [0.29, 0.717) is 21.5 Å². The zero-order valence-electron chi connectivity index (χ0n) is 16.2. The number of aliphatic hydroxyl groups excluding tert-OH is 1. The molecule has 4 heteroatoms. The summed E-state index contributed by atoms with van der Waals surface area (Å²) in [4.78, 5) is 13.1. The maximum atomic E-state index is 13.1. The number of rotatable bonds is 6. The normalized spacial score (nSPS) is 19.4. The van der Waals surface area contributed by atoms with Gasteiger partial charge in [0, 0.05) is 33.7 Å². The predicted octanol–water partition coefficient (Wildman–Crippen LogP) is 6.60. The van der Waals surface area contributed by atoms with Crippen LogP contribution in [-0.2, 0) is 11.2 Å². The summed E-state index contributed by atoms with van der Waals surface area (Å²) in [6.45, 7) is 6.46. The van der Waals surface area contributed by atoms with Crippen molar-refractivity contribution in [1.82, 2.24) is 0 Å². The van der Waals surface area contributed by atoms with Crippen molar-refractivity contribution >= 4 is 34.6 Å². The first-order valence-electron chi connectivity index (χ1n) is 9.87. The molecular formula is C24H26Cl2O2. The van der Waals surface area contributed by atoms with Gasteiger partial charge in [0.1, 0.15) is 0 Å². The van der Waals surface area contributed by atoms with E-state index in [4.69, 9.17) is 23.2 Å². The zero-order valence-corrected chi connectivity index (χ0v) is 17.7. The van der Waals surface area contributed by atoms with E-state index >= 15 is 0 Å². The Kier molecular flexibility index (Phi) is 6.98. The number of hydrogen-bond acceptors (Lipinski definition) is 2. The second-order valence-electron chi connectivity index (χ2n) is 7.59. The van der Waals surface area contributed by atoms with Crippen molar-refractivity contribution in [2.75, 3.05) is 6.61 Å². The van der Waals surface area contributed by atoms with Crippen LogP contribution in [0.2, 0.25) is 10.0 Å². The molecule has 0 amide bonds. The summed E-state index contributed by atoms with van der Waals surface area (Å²) >= 11 is 12.4. The largest absolute Gasteiger partial charge is 0.396 e. The Morgan fingerprint density at radius 1 is 1.11 bits per heavy atom. The smallest absolute Gasteiger partial charge is 0.165 e. The molecule has 0 aromatic heterocycles. The van der Waals surface area contributed by atoms with Gasteiger partial charge in [-0.05, 0) is 72.9 Å². The van der Waals surface area contributed by atoms with E-state index in [-0.39, 0.29) is 18.3 Å². The third kappa shape index (κ3) is 4.51. The molecule has 148 valence electrons. The van der Waals surface area contributed by atoms with E-state index in [2.05, 4.69) is 19.6 Å². The number of carbonyl (C=O) groups excluding carboxylic acids is 1. The number of allylic oxidation sites excluding steroid dienone is 1. The first kappa shape index (κ1) is 21.1. The quantitative estimate of drug-likeness (QED) is 0.538. The van der Waals surface area contributed by atoms with E-state index in [0.717, 1.165) is 54.4 Å². The lowest BCUT2D eigenvalue weighted by molar-refractivity contribution is -0.118. The van der Waals surface area contributed by atoms with Crippen LogP contribution in [0.4, 0.5) is 0 Å². The van der Waals surface area contributed by atoms with Crippen LogP contribution in [0.5, 0.6) is 0 Å². The number of carbonyl (C=O) groups is 1. The van der Waals surface area contributed by atoms with Crippen LogP contribution in [0.3, 0.4) is 0 Å². The van der Waals surface area contributed by atoms with Crippen LogP contribution in [0.25, 0.3) is 16.7 Å². The number of halogens is 2. The summed E-state index contributed by atoms with van der Waals surface area (Å²) in [6.07, 6.45) is 4.29. The Morgan fingerprint density at radius 2 is 1.82 bits per heavy atom. The van der Waals surface area contributed by atoms with E-state index < -0.39 is 0 Å². The summed E-state index contributed by atoms with van der Waals surface area (Å²) in [7, 11) is 0. The molecule has 3 rings (SSSR count). The lowest BCUT2D eigenvalue weighted by Gasteiger charge is -2.27. The topological polar surface area (TPSA) is 37.3 Å². The van der Waals surface area contributed by atoms with Crippen LogP contribution < -0.4 is 0 Å². The van der Waals surface area contributed by atoms with E-state index in [1.165, 1.54) is 0 Å². The zero-order chi connectivity index (χ0) is 20.3. The third-order valence-corrected chi connectivity index (χ3v) is 6.38. The number of hydrogen-bond donors (Lipinski definition) is 1. The molecule has 28 heavy (non-hydrogen) atoms. The monoisotopic (exact) mass is 416 g/mol. The molecule has 1 aliphatic carbocycles. The van der Waals surface area contributed by atoms with E-state index in [9.17, 15) is 9.90 Å². The van der Waals surface area contributed by atoms with Gasteiger partial charge in [0.15, 0.2) is 5.78 Å². The van der Waals surface area contributed by atoms with Crippen LogP contribution in [0.15, 0.2) is 43.0 Å². The van der Waals surface area contributed by atoms with Gasteiger partial charge in [-0.3, -0.25) is 4.79 Å². The van der Waals surface area contributed by atoms with Gasteiger partial charge in [0.05, 0.1) is 0 Å². The third-order valence-electron chi connectivity index (χ3n) is 5.83. The average molecular weight is 417 g/mol. The second-order valence-corrected chi connectivity index (χ2v) is 8.44. The minimum atomic E-state index is 0.00258. The fourth-order valence-corrected chi connectivity index (χ4v) is 4.56. The highest BCUT2D eigenvalue weighted by atomic mass is 35.5. The maximum absolute atomic E-state index is 13.1. The first-order chi connectivity index (χ1) is 13.4. The molecule has 0 spiro atoms. The number of Topliss-reactive ketones (excluding diaryl/α,β-unsaturated/α-hetero) is 1. The van der Waals surface area contributed by atoms with Gasteiger partial charge in [-0.25, -0.2) is 0 Å². The van der Waals surface area contributed by atoms with Crippen LogP contribution >= 0.6 is 23.2 Å². The second kappa shape index (κ2) is 9.26. The van der Waals surface area contributed by atoms with Crippen molar-refractivity contribution < 1.29 is 9.90 Å². The van der Waals surface area contributed by atoms with E-state index in [1.807, 2.05) is 24.3 Å². The highest BCUT2D eigenvalue weighted by molar-refractivity contribution is 6.36. The molecule has 1 saturated carbocycles. The molecule has 0 heterocycles. The van der Waals surface area contributed by atoms with Crippen molar-refractivity contribution in [3.05, 3.63) is 64.1 Å². The molecule has 1 N–H and O–H groups in total. The lowest BCUT2D eigenvalue weighted by Crippen LogP contribution is -2.24. The Bertz CT molecular complexity index is 880. The van der Waals surface area contributed by atoms with Gasteiger partial charge in [0.25, 0.3) is 0 Å². The number of aryl methyl sites for hydroxylation is 1. The summed E-state index contributed by atoms with van der Waals surface area (Å²) in [6, 6.07) is 11.5. The van der Waals surface area contributed by atoms with Crippen molar-refractivity contribution in [3.8, 4) is 11.1 Å². The average Bonchev–Trinajstić information content (AvgIpc) is 2.72. The van der Waals surface area contributed by atoms with Gasteiger partial charge in [-0.1, -0.05) is 54.9 Å². The summed E-state index contributed by atoms with van der Waals surface area (Å²) < 4.78 is 0. The van der Waals surface area contributed by atoms with Crippen LogP contribution in [-0.4, -0.2) is 17.5 Å². The molecule has 0 aliphatic heterocycles. The number of benzene rings is 2. The van der Waals surface area contributed by atoms with Crippen molar-refractivity contribution in [1.29, 1.82) is 0 Å². The molecule has 2 aromatic carbocycles. The Hall–Kier alpha value is -1.61. The Morgan fingerprint density at radius 3 is 2.43 bits per heavy atom. The fourth-order valence-electron chi connectivity index (χ4n) is 4.04. The van der Waals surface area contributed by atoms with Crippen molar-refractivity contribution in [2.24, 2.45) is 11.8 Å². The number of aliphatic hydroxyl groups is 1. The summed E-state index contributed by atoms with van der Waals surface area (Å²) in [5.74, 6) is 0.465. The number of ketones is 1. The van der Waals surface area contributed by atoms with Gasteiger partial charge in [0.2, 0.25) is 0 Å².